The molecule has 2 saturated heterocycles. The Balaban J connectivity index is 1.51. The Labute approximate surface area is 125 Å². The van der Waals surface area contributed by atoms with E-state index in [1.54, 1.807) is 12.7 Å². The first kappa shape index (κ1) is 12.8. The Bertz CT molecular complexity index is 594. The summed E-state index contributed by atoms with van der Waals surface area (Å²) in [5.41, 5.74) is 2.29. The molecule has 21 heavy (non-hydrogen) atoms. The summed E-state index contributed by atoms with van der Waals surface area (Å²) in [6, 6.07) is 9.80. The Hall–Kier alpha value is -1.88. The van der Waals surface area contributed by atoms with Crippen molar-refractivity contribution in [3.05, 3.63) is 36.9 Å². The summed E-state index contributed by atoms with van der Waals surface area (Å²) < 4.78 is 1.94. The van der Waals surface area contributed by atoms with E-state index in [1.807, 2.05) is 4.57 Å². The van der Waals surface area contributed by atoms with Crippen LogP contribution in [0.4, 0.5) is 5.69 Å². The van der Waals surface area contributed by atoms with Gasteiger partial charge in [-0.3, -0.25) is 9.47 Å². The van der Waals surface area contributed by atoms with Crippen LogP contribution in [0.25, 0.3) is 5.69 Å². The van der Waals surface area contributed by atoms with Crippen molar-refractivity contribution in [2.75, 3.05) is 18.4 Å². The third-order valence-corrected chi connectivity index (χ3v) is 4.77. The van der Waals surface area contributed by atoms with Crippen molar-refractivity contribution >= 4 is 5.69 Å². The fraction of sp³-hybridized carbons (Fsp3) is 0.500. The Morgan fingerprint density at radius 3 is 2.86 bits per heavy atom. The molecule has 2 aromatic rings. The summed E-state index contributed by atoms with van der Waals surface area (Å²) >= 11 is 0. The van der Waals surface area contributed by atoms with E-state index in [2.05, 4.69) is 44.7 Å². The quantitative estimate of drug-likeness (QED) is 0.939. The normalized spacial score (nSPS) is 25.7. The molecular weight excluding hydrogens is 262 g/mol. The molecule has 3 heterocycles. The summed E-state index contributed by atoms with van der Waals surface area (Å²) in [4.78, 5) is 2.66. The van der Waals surface area contributed by atoms with Crippen LogP contribution in [-0.2, 0) is 0 Å². The Kier molecular flexibility index (Phi) is 3.35. The minimum Gasteiger partial charge on any atom is -0.381 e. The van der Waals surface area contributed by atoms with E-state index < -0.39 is 0 Å². The van der Waals surface area contributed by atoms with Crippen LogP contribution in [-0.4, -0.2) is 44.8 Å². The molecule has 2 atom stereocenters. The van der Waals surface area contributed by atoms with Crippen molar-refractivity contribution in [1.82, 2.24) is 19.7 Å². The van der Waals surface area contributed by atoms with E-state index in [-0.39, 0.29) is 0 Å². The van der Waals surface area contributed by atoms with Crippen molar-refractivity contribution in [1.29, 1.82) is 0 Å². The molecule has 0 bridgehead atoms. The van der Waals surface area contributed by atoms with Crippen LogP contribution < -0.4 is 5.32 Å². The zero-order valence-corrected chi connectivity index (χ0v) is 12.2. The second-order valence-corrected chi connectivity index (χ2v) is 6.06. The predicted octanol–water partition coefficient (Wildman–Crippen LogP) is 2.31. The number of rotatable bonds is 3. The molecule has 2 aliphatic rings. The van der Waals surface area contributed by atoms with Gasteiger partial charge in [0.2, 0.25) is 0 Å². The first-order chi connectivity index (χ1) is 10.4. The number of benzene rings is 1. The van der Waals surface area contributed by atoms with Gasteiger partial charge < -0.3 is 5.32 Å². The summed E-state index contributed by atoms with van der Waals surface area (Å²) in [6.07, 6.45) is 8.80. The third-order valence-electron chi connectivity index (χ3n) is 4.77. The first-order valence-electron chi connectivity index (χ1n) is 7.86. The third kappa shape index (κ3) is 2.53. The fourth-order valence-electron chi connectivity index (χ4n) is 3.72. The van der Waals surface area contributed by atoms with Crippen LogP contribution in [0.5, 0.6) is 0 Å². The molecule has 0 saturated carbocycles. The van der Waals surface area contributed by atoms with Crippen molar-refractivity contribution in [3.8, 4) is 5.69 Å². The van der Waals surface area contributed by atoms with E-state index in [9.17, 15) is 0 Å². The van der Waals surface area contributed by atoms with E-state index >= 15 is 0 Å². The average molecular weight is 283 g/mol. The van der Waals surface area contributed by atoms with Gasteiger partial charge in [-0.15, -0.1) is 10.2 Å². The summed E-state index contributed by atoms with van der Waals surface area (Å²) in [5, 5.41) is 11.5. The molecule has 2 unspecified atom stereocenters. The van der Waals surface area contributed by atoms with Gasteiger partial charge in [-0.05, 0) is 44.0 Å². The molecule has 5 heteroatoms. The summed E-state index contributed by atoms with van der Waals surface area (Å²) in [6.45, 7) is 2.52. The molecule has 1 N–H and O–H groups in total. The van der Waals surface area contributed by atoms with Gasteiger partial charge in [0.25, 0.3) is 0 Å². The zero-order valence-electron chi connectivity index (χ0n) is 12.2. The second kappa shape index (κ2) is 5.48. The number of fused-ring (bicyclic) bond motifs is 1. The summed E-state index contributed by atoms with van der Waals surface area (Å²) in [7, 11) is 0. The molecule has 0 aliphatic carbocycles. The minimum atomic E-state index is 0.585. The van der Waals surface area contributed by atoms with Gasteiger partial charge in [0, 0.05) is 24.3 Å². The van der Waals surface area contributed by atoms with Crippen LogP contribution in [0.1, 0.15) is 25.7 Å². The number of piperidine rings is 1. The SMILES string of the molecule is c1cc(NC2CCN3CCCCC23)cc(-n2cnnc2)c1. The lowest BCUT2D eigenvalue weighted by Crippen LogP contribution is -2.41. The molecule has 5 nitrogen and oxygen atoms in total. The number of nitrogens with one attached hydrogen (secondary N) is 1. The zero-order chi connectivity index (χ0) is 14.1. The van der Waals surface area contributed by atoms with Gasteiger partial charge in [-0.2, -0.15) is 0 Å². The molecule has 110 valence electrons. The molecule has 0 radical (unpaired) electrons. The molecule has 2 fully saturated rings. The van der Waals surface area contributed by atoms with Gasteiger partial charge in [-0.1, -0.05) is 12.5 Å². The lowest BCUT2D eigenvalue weighted by atomic mass is 9.99. The second-order valence-electron chi connectivity index (χ2n) is 6.06. The Morgan fingerprint density at radius 2 is 1.95 bits per heavy atom. The number of anilines is 1. The van der Waals surface area contributed by atoms with E-state index in [0.29, 0.717) is 6.04 Å². The van der Waals surface area contributed by atoms with E-state index in [1.165, 1.54) is 44.5 Å². The molecule has 2 aliphatic heterocycles. The molecular formula is C16H21N5. The highest BCUT2D eigenvalue weighted by Gasteiger charge is 2.35. The molecule has 1 aromatic carbocycles. The molecule has 1 aromatic heterocycles. The van der Waals surface area contributed by atoms with Gasteiger partial charge in [0.1, 0.15) is 12.7 Å². The van der Waals surface area contributed by atoms with Crippen molar-refractivity contribution in [2.45, 2.75) is 37.8 Å². The number of hydrogen-bond donors (Lipinski definition) is 1. The molecule has 4 rings (SSSR count). The van der Waals surface area contributed by atoms with Gasteiger partial charge in [-0.25, -0.2) is 0 Å². The van der Waals surface area contributed by atoms with Gasteiger partial charge in [0.15, 0.2) is 0 Å². The standard InChI is InChI=1S/C16H21N5/c1-2-8-20-9-7-15(16(20)6-1)19-13-4-3-5-14(10-13)21-11-17-18-12-21/h3-5,10-12,15-16,19H,1-2,6-9H2. The number of hydrogen-bond acceptors (Lipinski definition) is 4. The topological polar surface area (TPSA) is 46.0 Å². The largest absolute Gasteiger partial charge is 0.381 e. The maximum absolute atomic E-state index is 3.87. The summed E-state index contributed by atoms with van der Waals surface area (Å²) in [5.74, 6) is 0. The van der Waals surface area contributed by atoms with Gasteiger partial charge in [0.05, 0.1) is 5.69 Å². The lowest BCUT2D eigenvalue weighted by molar-refractivity contribution is 0.193. The van der Waals surface area contributed by atoms with Crippen LogP contribution in [0.15, 0.2) is 36.9 Å². The lowest BCUT2D eigenvalue weighted by Gasteiger charge is -2.33. The Morgan fingerprint density at radius 1 is 1.05 bits per heavy atom. The predicted molar refractivity (Wildman–Crippen MR) is 82.6 cm³/mol. The monoisotopic (exact) mass is 283 g/mol. The smallest absolute Gasteiger partial charge is 0.123 e. The van der Waals surface area contributed by atoms with E-state index in [4.69, 9.17) is 0 Å². The number of nitrogens with zero attached hydrogens (tertiary/aromatic N) is 4. The highest BCUT2D eigenvalue weighted by Crippen LogP contribution is 2.29. The van der Waals surface area contributed by atoms with Crippen molar-refractivity contribution in [3.63, 3.8) is 0 Å². The highest BCUT2D eigenvalue weighted by atomic mass is 15.2. The van der Waals surface area contributed by atoms with Crippen LogP contribution in [0.3, 0.4) is 0 Å². The minimum absolute atomic E-state index is 0.585. The number of aromatic nitrogens is 3. The highest BCUT2D eigenvalue weighted by molar-refractivity contribution is 5.52. The molecule has 0 amide bonds. The van der Waals surface area contributed by atoms with Gasteiger partial charge >= 0.3 is 0 Å². The average Bonchev–Trinajstić information content (AvgIpc) is 3.18. The maximum Gasteiger partial charge on any atom is 0.123 e. The van der Waals surface area contributed by atoms with E-state index in [0.717, 1.165) is 11.7 Å². The molecule has 0 spiro atoms. The van der Waals surface area contributed by atoms with Crippen molar-refractivity contribution < 1.29 is 0 Å². The van der Waals surface area contributed by atoms with Crippen LogP contribution in [0.2, 0.25) is 0 Å². The first-order valence-corrected chi connectivity index (χ1v) is 7.86. The van der Waals surface area contributed by atoms with Crippen LogP contribution in [0, 0.1) is 0 Å². The van der Waals surface area contributed by atoms with Crippen LogP contribution >= 0.6 is 0 Å². The van der Waals surface area contributed by atoms with Crippen molar-refractivity contribution in [2.24, 2.45) is 0 Å². The fourth-order valence-corrected chi connectivity index (χ4v) is 3.72. The maximum atomic E-state index is 3.87.